The molecule has 0 spiro atoms. The van der Waals surface area contributed by atoms with Crippen molar-refractivity contribution in [3.63, 3.8) is 0 Å². The first kappa shape index (κ1) is 13.6. The molecule has 1 aromatic rings. The number of benzene rings is 1. The maximum absolute atomic E-state index is 12.3. The minimum absolute atomic E-state index is 0.0355. The van der Waals surface area contributed by atoms with E-state index in [9.17, 15) is 9.59 Å². The summed E-state index contributed by atoms with van der Waals surface area (Å²) in [5.74, 6) is 0.770. The van der Waals surface area contributed by atoms with E-state index in [0.29, 0.717) is 29.3 Å². The van der Waals surface area contributed by atoms with Crippen LogP contribution < -0.4 is 5.32 Å². The number of halogens is 1. The van der Waals surface area contributed by atoms with Crippen LogP contribution >= 0.6 is 11.6 Å². The van der Waals surface area contributed by atoms with Crippen molar-refractivity contribution in [1.82, 2.24) is 0 Å². The molecule has 1 saturated carbocycles. The number of anilines is 1. The van der Waals surface area contributed by atoms with Gasteiger partial charge in [-0.1, -0.05) is 37.3 Å². The number of amides is 1. The van der Waals surface area contributed by atoms with Crippen LogP contribution in [-0.4, -0.2) is 11.7 Å². The molecule has 1 aromatic carbocycles. The number of carbonyl (C=O) groups excluding carboxylic acids is 2. The molecule has 0 radical (unpaired) electrons. The Bertz CT molecular complexity index is 562. The lowest BCUT2D eigenvalue weighted by molar-refractivity contribution is -0.115. The minimum atomic E-state index is -0.0355. The van der Waals surface area contributed by atoms with Crippen LogP contribution in [-0.2, 0) is 11.2 Å². The Morgan fingerprint density at radius 3 is 2.80 bits per heavy atom. The Morgan fingerprint density at radius 2 is 2.05 bits per heavy atom. The quantitative estimate of drug-likeness (QED) is 0.853. The Balaban J connectivity index is 1.71. The monoisotopic (exact) mass is 291 g/mol. The summed E-state index contributed by atoms with van der Waals surface area (Å²) < 4.78 is 0. The zero-order valence-corrected chi connectivity index (χ0v) is 12.1. The van der Waals surface area contributed by atoms with Crippen molar-refractivity contribution >= 4 is 29.0 Å². The summed E-state index contributed by atoms with van der Waals surface area (Å²) in [6.45, 7) is 0. The normalized spacial score (nSPS) is 18.1. The topological polar surface area (TPSA) is 46.2 Å². The van der Waals surface area contributed by atoms with Gasteiger partial charge in [-0.25, -0.2) is 0 Å². The van der Waals surface area contributed by atoms with Gasteiger partial charge in [-0.3, -0.25) is 9.59 Å². The maximum atomic E-state index is 12.3. The van der Waals surface area contributed by atoms with Crippen LogP contribution in [0.5, 0.6) is 0 Å². The SMILES string of the molecule is O=C1Cc2cc(C(=O)CCC3CCCC3)c(Cl)cc2N1. The second-order valence-corrected chi connectivity index (χ2v) is 6.23. The molecule has 0 aromatic heterocycles. The van der Waals surface area contributed by atoms with E-state index in [-0.39, 0.29) is 11.7 Å². The van der Waals surface area contributed by atoms with Crippen LogP contribution in [0.1, 0.15) is 54.4 Å². The fraction of sp³-hybridized carbons (Fsp3) is 0.500. The van der Waals surface area contributed by atoms with E-state index in [4.69, 9.17) is 11.6 Å². The van der Waals surface area contributed by atoms with Gasteiger partial charge < -0.3 is 5.32 Å². The summed E-state index contributed by atoms with van der Waals surface area (Å²) in [7, 11) is 0. The number of nitrogens with one attached hydrogen (secondary N) is 1. The van der Waals surface area contributed by atoms with E-state index in [1.54, 1.807) is 12.1 Å². The second-order valence-electron chi connectivity index (χ2n) is 5.83. The molecule has 4 heteroatoms. The zero-order chi connectivity index (χ0) is 14.1. The van der Waals surface area contributed by atoms with Crippen LogP contribution in [0.2, 0.25) is 5.02 Å². The van der Waals surface area contributed by atoms with Gasteiger partial charge in [0.1, 0.15) is 0 Å². The molecule has 0 unspecified atom stereocenters. The standard InChI is InChI=1S/C16H18ClNO2/c17-13-9-14-11(8-16(20)18-14)7-12(13)15(19)6-5-10-3-1-2-4-10/h7,9-10H,1-6,8H2,(H,18,20). The van der Waals surface area contributed by atoms with E-state index in [0.717, 1.165) is 17.7 Å². The van der Waals surface area contributed by atoms with Gasteiger partial charge in [-0.05, 0) is 30.0 Å². The fourth-order valence-corrected chi connectivity index (χ4v) is 3.50. The number of hydrogen-bond donors (Lipinski definition) is 1. The number of Topliss-reactive ketones (excluding diaryl/α,β-unsaturated/α-hetero) is 1. The molecule has 1 aliphatic heterocycles. The summed E-state index contributed by atoms with van der Waals surface area (Å²) in [6.07, 6.45) is 6.97. The Kier molecular flexibility index (Phi) is 3.79. The van der Waals surface area contributed by atoms with Gasteiger partial charge >= 0.3 is 0 Å². The smallest absolute Gasteiger partial charge is 0.228 e. The zero-order valence-electron chi connectivity index (χ0n) is 11.4. The van der Waals surface area contributed by atoms with Gasteiger partial charge in [0.2, 0.25) is 5.91 Å². The Morgan fingerprint density at radius 1 is 1.30 bits per heavy atom. The summed E-state index contributed by atoms with van der Waals surface area (Å²) in [5.41, 5.74) is 2.19. The van der Waals surface area contributed by atoms with Crippen LogP contribution in [0.3, 0.4) is 0 Å². The molecule has 106 valence electrons. The van der Waals surface area contributed by atoms with Gasteiger partial charge in [0.25, 0.3) is 0 Å². The third-order valence-electron chi connectivity index (χ3n) is 4.37. The van der Waals surface area contributed by atoms with E-state index in [1.807, 2.05) is 0 Å². The highest BCUT2D eigenvalue weighted by atomic mass is 35.5. The van der Waals surface area contributed by atoms with Crippen molar-refractivity contribution < 1.29 is 9.59 Å². The highest BCUT2D eigenvalue weighted by Crippen LogP contribution is 2.32. The van der Waals surface area contributed by atoms with Crippen molar-refractivity contribution in [1.29, 1.82) is 0 Å². The van der Waals surface area contributed by atoms with E-state index >= 15 is 0 Å². The molecule has 0 saturated heterocycles. The molecule has 1 heterocycles. The Hall–Kier alpha value is -1.35. The number of carbonyl (C=O) groups is 2. The number of fused-ring (bicyclic) bond motifs is 1. The van der Waals surface area contributed by atoms with Crippen LogP contribution in [0.25, 0.3) is 0 Å². The molecule has 1 N–H and O–H groups in total. The fourth-order valence-electron chi connectivity index (χ4n) is 3.23. The second kappa shape index (κ2) is 5.57. The van der Waals surface area contributed by atoms with Crippen LogP contribution in [0, 0.1) is 5.92 Å². The average molecular weight is 292 g/mol. The van der Waals surface area contributed by atoms with E-state index in [1.165, 1.54) is 25.7 Å². The molecular weight excluding hydrogens is 274 g/mol. The van der Waals surface area contributed by atoms with Crippen molar-refractivity contribution in [2.24, 2.45) is 5.92 Å². The summed E-state index contributed by atoms with van der Waals surface area (Å²) in [5, 5.41) is 3.19. The average Bonchev–Trinajstić information content (AvgIpc) is 3.03. The molecule has 2 aliphatic rings. The molecule has 3 nitrogen and oxygen atoms in total. The van der Waals surface area contributed by atoms with Crippen molar-refractivity contribution in [2.75, 3.05) is 5.32 Å². The van der Waals surface area contributed by atoms with Gasteiger partial charge in [0.15, 0.2) is 5.78 Å². The third kappa shape index (κ3) is 2.73. The van der Waals surface area contributed by atoms with Crippen molar-refractivity contribution in [3.8, 4) is 0 Å². The first-order valence-corrected chi connectivity index (χ1v) is 7.67. The molecule has 20 heavy (non-hydrogen) atoms. The van der Waals surface area contributed by atoms with Crippen molar-refractivity contribution in [2.45, 2.75) is 44.9 Å². The maximum Gasteiger partial charge on any atom is 0.228 e. The predicted octanol–water partition coefficient (Wildman–Crippen LogP) is 3.99. The minimum Gasteiger partial charge on any atom is -0.325 e. The summed E-state index contributed by atoms with van der Waals surface area (Å²) in [4.78, 5) is 23.7. The lowest BCUT2D eigenvalue weighted by Crippen LogP contribution is -2.04. The Labute approximate surface area is 123 Å². The molecule has 1 amide bonds. The molecular formula is C16H18ClNO2. The summed E-state index contributed by atoms with van der Waals surface area (Å²) >= 11 is 6.17. The highest BCUT2D eigenvalue weighted by molar-refractivity contribution is 6.34. The first-order valence-electron chi connectivity index (χ1n) is 7.29. The number of rotatable bonds is 4. The predicted molar refractivity (Wildman–Crippen MR) is 79.3 cm³/mol. The molecule has 0 atom stereocenters. The third-order valence-corrected chi connectivity index (χ3v) is 4.69. The van der Waals surface area contributed by atoms with Gasteiger partial charge in [-0.2, -0.15) is 0 Å². The largest absolute Gasteiger partial charge is 0.325 e. The van der Waals surface area contributed by atoms with Gasteiger partial charge in [0.05, 0.1) is 11.4 Å². The van der Waals surface area contributed by atoms with E-state index in [2.05, 4.69) is 5.32 Å². The van der Waals surface area contributed by atoms with Crippen LogP contribution in [0.15, 0.2) is 12.1 Å². The van der Waals surface area contributed by atoms with Crippen LogP contribution in [0.4, 0.5) is 5.69 Å². The number of ketones is 1. The molecule has 3 rings (SSSR count). The summed E-state index contributed by atoms with van der Waals surface area (Å²) in [6, 6.07) is 3.48. The molecule has 1 aliphatic carbocycles. The first-order chi connectivity index (χ1) is 9.63. The number of hydrogen-bond acceptors (Lipinski definition) is 2. The molecule has 0 bridgehead atoms. The lowest BCUT2D eigenvalue weighted by Gasteiger charge is -2.10. The highest BCUT2D eigenvalue weighted by Gasteiger charge is 2.23. The van der Waals surface area contributed by atoms with Gasteiger partial charge in [0, 0.05) is 17.7 Å². The van der Waals surface area contributed by atoms with Crippen molar-refractivity contribution in [3.05, 3.63) is 28.3 Å². The molecule has 1 fully saturated rings. The van der Waals surface area contributed by atoms with Gasteiger partial charge in [-0.15, -0.1) is 0 Å². The van der Waals surface area contributed by atoms with E-state index < -0.39 is 0 Å². The lowest BCUT2D eigenvalue weighted by atomic mass is 9.96.